The Morgan fingerprint density at radius 2 is 1.97 bits per heavy atom. The van der Waals surface area contributed by atoms with E-state index in [0.717, 1.165) is 37.9 Å². The summed E-state index contributed by atoms with van der Waals surface area (Å²) in [6.45, 7) is 7.11. The summed E-state index contributed by atoms with van der Waals surface area (Å²) in [5.74, 6) is 0.213. The molecule has 5 atom stereocenters. The number of nitrogens with zero attached hydrogens (tertiary/aromatic N) is 1. The van der Waals surface area contributed by atoms with Crippen molar-refractivity contribution in [3.8, 4) is 0 Å². The van der Waals surface area contributed by atoms with E-state index in [2.05, 4.69) is 10.2 Å². The Balaban J connectivity index is 1.62. The van der Waals surface area contributed by atoms with Gasteiger partial charge >= 0.3 is 12.1 Å². The van der Waals surface area contributed by atoms with Gasteiger partial charge in [-0.05, 0) is 70.4 Å². The summed E-state index contributed by atoms with van der Waals surface area (Å²) in [4.78, 5) is 26.6. The summed E-state index contributed by atoms with van der Waals surface area (Å²) < 4.78 is 10.4. The van der Waals surface area contributed by atoms with Crippen molar-refractivity contribution in [3.05, 3.63) is 35.9 Å². The van der Waals surface area contributed by atoms with Crippen molar-refractivity contribution in [2.45, 2.75) is 70.2 Å². The molecule has 1 saturated heterocycles. The minimum absolute atomic E-state index is 0.0857. The lowest BCUT2D eigenvalue weighted by Gasteiger charge is -2.28. The molecule has 0 radical (unpaired) electrons. The van der Waals surface area contributed by atoms with Crippen LogP contribution >= 0.6 is 0 Å². The Morgan fingerprint density at radius 3 is 2.61 bits per heavy atom. The number of hydrogen-bond donors (Lipinski definition) is 2. The topological polar surface area (TPSA) is 88.1 Å². The zero-order chi connectivity index (χ0) is 22.6. The lowest BCUT2D eigenvalue weighted by molar-refractivity contribution is -0.145. The first-order chi connectivity index (χ1) is 14.7. The van der Waals surface area contributed by atoms with Crippen molar-refractivity contribution in [2.24, 2.45) is 11.8 Å². The molecule has 1 aromatic carbocycles. The monoisotopic (exact) mass is 432 g/mol. The highest BCUT2D eigenvalue weighted by Crippen LogP contribution is 2.44. The van der Waals surface area contributed by atoms with Gasteiger partial charge < -0.3 is 19.9 Å². The number of methoxy groups -OCH3 is 1. The SMILES string of the molecule is COC(=O)[C@@H]1CCCN1CC1CC1[C@H](O)[C@H](Cc1ccccc1)NC(=O)OC(C)(C)C. The van der Waals surface area contributed by atoms with E-state index in [9.17, 15) is 14.7 Å². The average molecular weight is 433 g/mol. The number of ether oxygens (including phenoxy) is 2. The van der Waals surface area contributed by atoms with Crippen LogP contribution in [0.15, 0.2) is 30.3 Å². The Labute approximate surface area is 185 Å². The standard InChI is InChI=1S/C24H36N2O5/c1-24(2,3)31-23(29)25-19(13-16-9-6-5-7-10-16)21(27)18-14-17(18)15-26-12-8-11-20(26)22(28)30-4/h5-7,9-10,17-21,27H,8,11-15H2,1-4H3,(H,25,29)/t17?,18?,19-,20-,21-/m0/s1. The quantitative estimate of drug-likeness (QED) is 0.614. The molecular weight excluding hydrogens is 396 g/mol. The number of esters is 1. The third kappa shape index (κ3) is 6.68. The first kappa shape index (κ1) is 23.5. The van der Waals surface area contributed by atoms with Crippen molar-refractivity contribution in [1.82, 2.24) is 10.2 Å². The van der Waals surface area contributed by atoms with Gasteiger partial charge in [0, 0.05) is 6.54 Å². The van der Waals surface area contributed by atoms with Crippen molar-refractivity contribution in [1.29, 1.82) is 0 Å². The second-order valence-electron chi connectivity index (χ2n) is 9.77. The number of hydrogen-bond acceptors (Lipinski definition) is 6. The van der Waals surface area contributed by atoms with E-state index in [0.29, 0.717) is 12.3 Å². The van der Waals surface area contributed by atoms with Crippen LogP contribution in [0.3, 0.4) is 0 Å². The van der Waals surface area contributed by atoms with Crippen LogP contribution in [0.4, 0.5) is 4.79 Å². The van der Waals surface area contributed by atoms with Crippen LogP contribution in [0.1, 0.15) is 45.6 Å². The summed E-state index contributed by atoms with van der Waals surface area (Å²) in [5.41, 5.74) is 0.442. The number of rotatable bonds is 8. The predicted octanol–water partition coefficient (Wildman–Crippen LogP) is 2.76. The summed E-state index contributed by atoms with van der Waals surface area (Å²) in [6, 6.07) is 9.21. The molecule has 2 aliphatic rings. The molecule has 7 nitrogen and oxygen atoms in total. The second-order valence-corrected chi connectivity index (χ2v) is 9.77. The summed E-state index contributed by atoms with van der Waals surface area (Å²) >= 11 is 0. The van der Waals surface area contributed by atoms with Crippen molar-refractivity contribution in [2.75, 3.05) is 20.2 Å². The lowest BCUT2D eigenvalue weighted by Crippen LogP contribution is -2.48. The predicted molar refractivity (Wildman–Crippen MR) is 118 cm³/mol. The molecule has 7 heteroatoms. The molecule has 31 heavy (non-hydrogen) atoms. The molecule has 1 aliphatic heterocycles. The van der Waals surface area contributed by atoms with E-state index >= 15 is 0 Å². The van der Waals surface area contributed by atoms with E-state index in [1.807, 2.05) is 51.1 Å². The molecule has 0 spiro atoms. The van der Waals surface area contributed by atoms with Crippen molar-refractivity contribution in [3.63, 3.8) is 0 Å². The Kier molecular flexibility index (Phi) is 7.59. The first-order valence-electron chi connectivity index (χ1n) is 11.2. The third-order valence-corrected chi connectivity index (χ3v) is 6.13. The van der Waals surface area contributed by atoms with Gasteiger partial charge in [-0.15, -0.1) is 0 Å². The number of carbonyl (C=O) groups is 2. The molecule has 3 rings (SSSR count). The number of likely N-dealkylation sites (tertiary alicyclic amines) is 1. The van der Waals surface area contributed by atoms with Gasteiger partial charge in [-0.25, -0.2) is 4.79 Å². The van der Waals surface area contributed by atoms with Gasteiger partial charge in [0.1, 0.15) is 11.6 Å². The highest BCUT2D eigenvalue weighted by Gasteiger charge is 2.48. The highest BCUT2D eigenvalue weighted by molar-refractivity contribution is 5.76. The maximum Gasteiger partial charge on any atom is 0.407 e. The first-order valence-corrected chi connectivity index (χ1v) is 11.2. The fourth-order valence-corrected chi connectivity index (χ4v) is 4.53. The van der Waals surface area contributed by atoms with Gasteiger partial charge in [-0.3, -0.25) is 9.69 Å². The Bertz CT molecular complexity index is 748. The second kappa shape index (κ2) is 10.0. The fraction of sp³-hybridized carbons (Fsp3) is 0.667. The normalized spacial score (nSPS) is 25.5. The van der Waals surface area contributed by atoms with Crippen LogP contribution in [0.25, 0.3) is 0 Å². The largest absolute Gasteiger partial charge is 0.468 e. The van der Waals surface area contributed by atoms with Crippen LogP contribution in [-0.4, -0.2) is 66.1 Å². The molecule has 1 aliphatic carbocycles. The number of alkyl carbamates (subject to hydrolysis) is 1. The van der Waals surface area contributed by atoms with E-state index in [1.165, 1.54) is 7.11 Å². The van der Waals surface area contributed by atoms with E-state index in [1.54, 1.807) is 0 Å². The molecule has 1 amide bonds. The number of aliphatic hydroxyl groups is 1. The minimum Gasteiger partial charge on any atom is -0.468 e. The highest BCUT2D eigenvalue weighted by atomic mass is 16.6. The third-order valence-electron chi connectivity index (χ3n) is 6.13. The van der Waals surface area contributed by atoms with Crippen molar-refractivity contribution < 1.29 is 24.2 Å². The van der Waals surface area contributed by atoms with Gasteiger partial charge in [0.25, 0.3) is 0 Å². The molecule has 2 unspecified atom stereocenters. The van der Waals surface area contributed by atoms with Crippen LogP contribution in [0, 0.1) is 11.8 Å². The van der Waals surface area contributed by atoms with Gasteiger partial charge in [-0.2, -0.15) is 0 Å². The van der Waals surface area contributed by atoms with Gasteiger partial charge in [0.2, 0.25) is 0 Å². The number of carbonyl (C=O) groups excluding carboxylic acids is 2. The molecule has 2 fully saturated rings. The molecule has 2 N–H and O–H groups in total. The van der Waals surface area contributed by atoms with Crippen LogP contribution in [0.5, 0.6) is 0 Å². The zero-order valence-corrected chi connectivity index (χ0v) is 19.0. The maximum atomic E-state index is 12.4. The van der Waals surface area contributed by atoms with Crippen LogP contribution in [0.2, 0.25) is 0 Å². The van der Waals surface area contributed by atoms with Gasteiger partial charge in [0.15, 0.2) is 0 Å². The maximum absolute atomic E-state index is 12.4. The number of benzene rings is 1. The minimum atomic E-state index is -0.683. The number of amides is 1. The molecule has 1 aromatic rings. The molecular formula is C24H36N2O5. The molecule has 0 bridgehead atoms. The van der Waals surface area contributed by atoms with Crippen LogP contribution in [-0.2, 0) is 20.7 Å². The van der Waals surface area contributed by atoms with E-state index < -0.39 is 23.8 Å². The number of nitrogens with one attached hydrogen (secondary N) is 1. The Hall–Kier alpha value is -2.12. The van der Waals surface area contributed by atoms with Crippen LogP contribution < -0.4 is 5.32 Å². The fourth-order valence-electron chi connectivity index (χ4n) is 4.53. The molecule has 1 saturated carbocycles. The zero-order valence-electron chi connectivity index (χ0n) is 19.0. The smallest absolute Gasteiger partial charge is 0.407 e. The molecule has 1 heterocycles. The van der Waals surface area contributed by atoms with Gasteiger partial charge in [0.05, 0.1) is 19.3 Å². The summed E-state index contributed by atoms with van der Waals surface area (Å²) in [5, 5.41) is 14.0. The van der Waals surface area contributed by atoms with Crippen molar-refractivity contribution >= 4 is 12.1 Å². The molecule has 172 valence electrons. The number of aliphatic hydroxyl groups excluding tert-OH is 1. The van der Waals surface area contributed by atoms with E-state index in [-0.39, 0.29) is 17.9 Å². The van der Waals surface area contributed by atoms with E-state index in [4.69, 9.17) is 9.47 Å². The molecule has 0 aromatic heterocycles. The van der Waals surface area contributed by atoms with Gasteiger partial charge in [-0.1, -0.05) is 30.3 Å². The average Bonchev–Trinajstić information content (AvgIpc) is 3.31. The lowest BCUT2D eigenvalue weighted by atomic mass is 9.97. The summed E-state index contributed by atoms with van der Waals surface area (Å²) in [7, 11) is 1.43. The Morgan fingerprint density at radius 1 is 1.26 bits per heavy atom. The summed E-state index contributed by atoms with van der Waals surface area (Å²) in [6.07, 6.45) is 2.01.